The Bertz CT molecular complexity index is 633. The van der Waals surface area contributed by atoms with Crippen molar-refractivity contribution in [3.8, 4) is 0 Å². The number of aromatic nitrogens is 2. The smallest absolute Gasteiger partial charge is 0.279 e. The number of piperazine rings is 1. The third-order valence-corrected chi connectivity index (χ3v) is 5.60. The van der Waals surface area contributed by atoms with Crippen molar-refractivity contribution in [2.24, 2.45) is 0 Å². The molecule has 0 saturated carbocycles. The van der Waals surface area contributed by atoms with Crippen LogP contribution in [0.4, 0.5) is 0 Å². The summed E-state index contributed by atoms with van der Waals surface area (Å²) in [6, 6.07) is 0. The fourth-order valence-electron chi connectivity index (χ4n) is 2.40. The largest absolute Gasteiger partial charge is 0.348 e. The summed E-state index contributed by atoms with van der Waals surface area (Å²) >= 11 is 0. The zero-order chi connectivity index (χ0) is 17.0. The first kappa shape index (κ1) is 17.9. The molecule has 0 atom stereocenters. The molecule has 1 aromatic heterocycles. The number of hydrogen-bond donors (Lipinski definition) is 0. The maximum absolute atomic E-state index is 12.6. The van der Waals surface area contributed by atoms with E-state index in [-0.39, 0.29) is 23.9 Å². The van der Waals surface area contributed by atoms with Crippen molar-refractivity contribution in [3.05, 3.63) is 12.4 Å². The van der Waals surface area contributed by atoms with Gasteiger partial charge in [0, 0.05) is 53.1 Å². The Balaban J connectivity index is 2.02. The second-order valence-electron chi connectivity index (χ2n) is 5.06. The SMILES string of the molecule is CCn1cc(S(=O)(=O)N2CCN(C(=O)C(OC)OC)CC2)cn1. The van der Waals surface area contributed by atoms with Gasteiger partial charge in [0.2, 0.25) is 16.3 Å². The van der Waals surface area contributed by atoms with Gasteiger partial charge in [-0.1, -0.05) is 0 Å². The van der Waals surface area contributed by atoms with Crippen LogP contribution in [0.15, 0.2) is 17.3 Å². The predicted octanol–water partition coefficient (Wildman–Crippen LogP) is -0.645. The van der Waals surface area contributed by atoms with Gasteiger partial charge in [0.15, 0.2) is 0 Å². The topological polar surface area (TPSA) is 94.0 Å². The van der Waals surface area contributed by atoms with Crippen molar-refractivity contribution in [1.29, 1.82) is 0 Å². The molecule has 2 heterocycles. The van der Waals surface area contributed by atoms with Crippen LogP contribution in [-0.4, -0.2) is 80.0 Å². The van der Waals surface area contributed by atoms with Crippen molar-refractivity contribution >= 4 is 15.9 Å². The van der Waals surface area contributed by atoms with Crippen LogP contribution >= 0.6 is 0 Å². The van der Waals surface area contributed by atoms with E-state index in [9.17, 15) is 13.2 Å². The molecule has 0 bridgehead atoms. The van der Waals surface area contributed by atoms with E-state index in [1.54, 1.807) is 9.58 Å². The third kappa shape index (κ3) is 3.71. The lowest BCUT2D eigenvalue weighted by Gasteiger charge is -2.34. The number of aryl methyl sites for hydroxylation is 1. The minimum Gasteiger partial charge on any atom is -0.348 e. The monoisotopic (exact) mass is 346 g/mol. The van der Waals surface area contributed by atoms with E-state index in [2.05, 4.69) is 5.10 Å². The summed E-state index contributed by atoms with van der Waals surface area (Å²) < 4.78 is 37.9. The molecule has 2 rings (SSSR count). The van der Waals surface area contributed by atoms with E-state index in [0.29, 0.717) is 19.6 Å². The second kappa shape index (κ2) is 7.39. The Hall–Kier alpha value is -1.49. The molecule has 1 fully saturated rings. The number of sulfonamides is 1. The van der Waals surface area contributed by atoms with Crippen molar-refractivity contribution < 1.29 is 22.7 Å². The lowest BCUT2D eigenvalue weighted by atomic mass is 10.3. The van der Waals surface area contributed by atoms with Gasteiger partial charge in [-0.15, -0.1) is 0 Å². The fraction of sp³-hybridized carbons (Fsp3) is 0.692. The Morgan fingerprint density at radius 2 is 1.87 bits per heavy atom. The number of carbonyl (C=O) groups excluding carboxylic acids is 1. The molecule has 0 radical (unpaired) electrons. The van der Waals surface area contributed by atoms with Crippen LogP contribution in [0.2, 0.25) is 0 Å². The molecule has 0 unspecified atom stereocenters. The van der Waals surface area contributed by atoms with Gasteiger partial charge in [0.1, 0.15) is 4.90 Å². The lowest BCUT2D eigenvalue weighted by molar-refractivity contribution is -0.171. The molecule has 1 aliphatic heterocycles. The van der Waals surface area contributed by atoms with E-state index in [1.165, 1.54) is 30.9 Å². The second-order valence-corrected chi connectivity index (χ2v) is 7.00. The third-order valence-electron chi connectivity index (χ3n) is 3.75. The van der Waals surface area contributed by atoms with Gasteiger partial charge in [-0.2, -0.15) is 9.40 Å². The summed E-state index contributed by atoms with van der Waals surface area (Å²) in [5.74, 6) is -0.300. The number of nitrogens with zero attached hydrogens (tertiary/aromatic N) is 4. The van der Waals surface area contributed by atoms with E-state index in [1.807, 2.05) is 6.92 Å². The van der Waals surface area contributed by atoms with Gasteiger partial charge in [-0.3, -0.25) is 9.48 Å². The number of rotatable bonds is 6. The first-order valence-corrected chi connectivity index (χ1v) is 8.75. The summed E-state index contributed by atoms with van der Waals surface area (Å²) in [5, 5.41) is 4.00. The summed E-state index contributed by atoms with van der Waals surface area (Å²) in [4.78, 5) is 13.8. The number of hydrogen-bond acceptors (Lipinski definition) is 6. The minimum absolute atomic E-state index is 0.172. The standard InChI is InChI=1S/C13H22N4O5S/c1-4-16-10-11(9-14-16)23(19,20)17-7-5-15(6-8-17)12(18)13(21-2)22-3/h9-10,13H,4-8H2,1-3H3. The molecule has 0 spiro atoms. The van der Waals surface area contributed by atoms with Crippen molar-refractivity contribution in [2.45, 2.75) is 24.7 Å². The minimum atomic E-state index is -3.58. The maximum atomic E-state index is 12.6. The normalized spacial score (nSPS) is 17.0. The Kier molecular flexibility index (Phi) is 5.74. The first-order valence-electron chi connectivity index (χ1n) is 7.31. The number of carbonyl (C=O) groups is 1. The molecular weight excluding hydrogens is 324 g/mol. The molecule has 1 aromatic rings. The highest BCUT2D eigenvalue weighted by Gasteiger charge is 2.33. The molecule has 9 nitrogen and oxygen atoms in total. The highest BCUT2D eigenvalue weighted by Crippen LogP contribution is 2.17. The van der Waals surface area contributed by atoms with Gasteiger partial charge >= 0.3 is 0 Å². The number of ether oxygens (including phenoxy) is 2. The summed E-state index contributed by atoms with van der Waals surface area (Å²) in [6.45, 7) is 3.53. The Labute approximate surface area is 135 Å². The average Bonchev–Trinajstić information content (AvgIpc) is 3.06. The van der Waals surface area contributed by atoms with Gasteiger partial charge < -0.3 is 14.4 Å². The lowest BCUT2D eigenvalue weighted by Crippen LogP contribution is -2.53. The van der Waals surface area contributed by atoms with E-state index in [4.69, 9.17) is 9.47 Å². The quantitative estimate of drug-likeness (QED) is 0.636. The molecule has 1 saturated heterocycles. The van der Waals surface area contributed by atoms with Gasteiger partial charge in [0.25, 0.3) is 5.91 Å². The molecule has 1 aliphatic rings. The van der Waals surface area contributed by atoms with E-state index in [0.717, 1.165) is 0 Å². The van der Waals surface area contributed by atoms with Crippen molar-refractivity contribution in [3.63, 3.8) is 0 Å². The fourth-order valence-corrected chi connectivity index (χ4v) is 3.77. The maximum Gasteiger partial charge on any atom is 0.279 e. The van der Waals surface area contributed by atoms with Crippen LogP contribution < -0.4 is 0 Å². The molecule has 23 heavy (non-hydrogen) atoms. The molecule has 1 amide bonds. The van der Waals surface area contributed by atoms with Gasteiger partial charge in [-0.05, 0) is 6.92 Å². The van der Waals surface area contributed by atoms with Gasteiger partial charge in [-0.25, -0.2) is 8.42 Å². The predicted molar refractivity (Wildman–Crippen MR) is 81.0 cm³/mol. The van der Waals surface area contributed by atoms with Crippen molar-refractivity contribution in [1.82, 2.24) is 19.0 Å². The Morgan fingerprint density at radius 3 is 2.35 bits per heavy atom. The first-order chi connectivity index (χ1) is 10.9. The molecular formula is C13H22N4O5S. The van der Waals surface area contributed by atoms with Crippen LogP contribution in [0.3, 0.4) is 0 Å². The summed E-state index contributed by atoms with van der Waals surface area (Å²) in [5.41, 5.74) is 0. The number of amides is 1. The van der Waals surface area contributed by atoms with E-state index < -0.39 is 16.3 Å². The average molecular weight is 346 g/mol. The highest BCUT2D eigenvalue weighted by atomic mass is 32.2. The Morgan fingerprint density at radius 1 is 1.26 bits per heavy atom. The van der Waals surface area contributed by atoms with Crippen LogP contribution in [0.5, 0.6) is 0 Å². The molecule has 0 aromatic carbocycles. The van der Waals surface area contributed by atoms with Crippen molar-refractivity contribution in [2.75, 3.05) is 40.4 Å². The van der Waals surface area contributed by atoms with Crippen LogP contribution in [-0.2, 0) is 30.8 Å². The van der Waals surface area contributed by atoms with Crippen LogP contribution in [0, 0.1) is 0 Å². The molecule has 10 heteroatoms. The molecule has 0 N–H and O–H groups in total. The van der Waals surface area contributed by atoms with Crippen LogP contribution in [0.1, 0.15) is 6.92 Å². The van der Waals surface area contributed by atoms with Gasteiger partial charge in [0.05, 0.1) is 6.20 Å². The molecule has 130 valence electrons. The number of methoxy groups -OCH3 is 2. The zero-order valence-corrected chi connectivity index (χ0v) is 14.3. The molecule has 0 aliphatic carbocycles. The summed E-state index contributed by atoms with van der Waals surface area (Å²) in [6.07, 6.45) is 1.90. The highest BCUT2D eigenvalue weighted by molar-refractivity contribution is 7.89. The summed E-state index contributed by atoms with van der Waals surface area (Å²) in [7, 11) is -0.808. The zero-order valence-electron chi connectivity index (χ0n) is 13.5. The van der Waals surface area contributed by atoms with E-state index >= 15 is 0 Å². The van der Waals surface area contributed by atoms with Crippen LogP contribution in [0.25, 0.3) is 0 Å².